The molecule has 0 atom stereocenters. The highest BCUT2D eigenvalue weighted by Crippen LogP contribution is 2.35. The number of rotatable bonds is 4. The lowest BCUT2D eigenvalue weighted by Gasteiger charge is -2.04. The zero-order chi connectivity index (χ0) is 17.8. The first-order chi connectivity index (χ1) is 12.0. The van der Waals surface area contributed by atoms with Gasteiger partial charge in [0.15, 0.2) is 5.82 Å². The summed E-state index contributed by atoms with van der Waals surface area (Å²) in [6.45, 7) is 0. The number of nitrogens with zero attached hydrogens (tertiary/aromatic N) is 2. The van der Waals surface area contributed by atoms with Crippen LogP contribution in [0, 0.1) is 5.82 Å². The molecule has 0 fully saturated rings. The van der Waals surface area contributed by atoms with Crippen LogP contribution in [-0.2, 0) is 0 Å². The Hall–Kier alpha value is -3.33. The van der Waals surface area contributed by atoms with Crippen LogP contribution in [0.4, 0.5) is 20.7 Å². The van der Waals surface area contributed by atoms with Gasteiger partial charge in [0, 0.05) is 17.3 Å². The van der Waals surface area contributed by atoms with Crippen molar-refractivity contribution in [1.82, 2.24) is 9.97 Å². The van der Waals surface area contributed by atoms with Gasteiger partial charge >= 0.3 is 6.03 Å². The summed E-state index contributed by atoms with van der Waals surface area (Å²) < 4.78 is 13.4. The van der Waals surface area contributed by atoms with E-state index in [9.17, 15) is 14.0 Å². The predicted molar refractivity (Wildman–Crippen MR) is 92.9 cm³/mol. The number of nitrogens with two attached hydrogens (primary N) is 1. The average Bonchev–Trinajstić information content (AvgIpc) is 2.99. The van der Waals surface area contributed by atoms with Gasteiger partial charge in [-0.2, -0.15) is 0 Å². The number of nitrogens with one attached hydrogen (secondary N) is 2. The number of amides is 3. The molecular formula is C16H12FN5O2S. The lowest BCUT2D eigenvalue weighted by Crippen LogP contribution is -2.21. The Morgan fingerprint density at radius 3 is 2.68 bits per heavy atom. The fourth-order valence-electron chi connectivity index (χ4n) is 2.11. The van der Waals surface area contributed by atoms with Gasteiger partial charge in [-0.1, -0.05) is 12.1 Å². The van der Waals surface area contributed by atoms with Crippen molar-refractivity contribution in [2.24, 2.45) is 5.73 Å². The molecule has 0 radical (unpaired) electrons. The molecule has 0 aliphatic carbocycles. The number of hydrogen-bond donors (Lipinski definition) is 3. The first-order valence-electron chi connectivity index (χ1n) is 7.06. The Bertz CT molecular complexity index is 929. The zero-order valence-corrected chi connectivity index (χ0v) is 13.5. The van der Waals surface area contributed by atoms with E-state index in [0.717, 1.165) is 11.3 Å². The zero-order valence-electron chi connectivity index (χ0n) is 12.7. The van der Waals surface area contributed by atoms with Gasteiger partial charge in [-0.25, -0.2) is 14.2 Å². The van der Waals surface area contributed by atoms with Crippen molar-refractivity contribution in [3.63, 3.8) is 0 Å². The van der Waals surface area contributed by atoms with Crippen LogP contribution >= 0.6 is 11.3 Å². The van der Waals surface area contributed by atoms with E-state index in [1.807, 2.05) is 0 Å². The summed E-state index contributed by atoms with van der Waals surface area (Å²) in [7, 11) is 0. The molecule has 25 heavy (non-hydrogen) atoms. The second-order valence-corrected chi connectivity index (χ2v) is 5.95. The Kier molecular flexibility index (Phi) is 4.66. The number of carbonyl (C=O) groups excluding carboxylic acids is 2. The Balaban J connectivity index is 1.96. The van der Waals surface area contributed by atoms with E-state index in [4.69, 9.17) is 5.73 Å². The van der Waals surface area contributed by atoms with E-state index >= 15 is 0 Å². The standard InChI is InChI=1S/C16H12FN5O2S/c17-10-3-1-2-9(6-10)12-7-11(21-16(18)24)14(25-12)15(23)22-13-8-19-4-5-20-13/h1-8H,(H3,18,21,24)(H,20,22,23). The molecule has 4 N–H and O–H groups in total. The van der Waals surface area contributed by atoms with Crippen LogP contribution < -0.4 is 16.4 Å². The Morgan fingerprint density at radius 2 is 2.00 bits per heavy atom. The first kappa shape index (κ1) is 16.5. The normalized spacial score (nSPS) is 10.3. The number of thiophene rings is 1. The van der Waals surface area contributed by atoms with Gasteiger partial charge in [0.2, 0.25) is 0 Å². The van der Waals surface area contributed by atoms with E-state index < -0.39 is 17.8 Å². The molecule has 9 heteroatoms. The van der Waals surface area contributed by atoms with Crippen LogP contribution in [0.25, 0.3) is 10.4 Å². The number of halogens is 1. The molecule has 3 aromatic rings. The van der Waals surface area contributed by atoms with Crippen LogP contribution in [-0.4, -0.2) is 21.9 Å². The summed E-state index contributed by atoms with van der Waals surface area (Å²) in [6, 6.07) is 6.68. The summed E-state index contributed by atoms with van der Waals surface area (Å²) in [6.07, 6.45) is 4.30. The maximum atomic E-state index is 13.4. The third-order valence-electron chi connectivity index (χ3n) is 3.11. The van der Waals surface area contributed by atoms with Crippen molar-refractivity contribution in [3.05, 3.63) is 59.6 Å². The quantitative estimate of drug-likeness (QED) is 0.666. The Labute approximate surface area is 145 Å². The van der Waals surface area contributed by atoms with Crippen molar-refractivity contribution in [3.8, 4) is 10.4 Å². The lowest BCUT2D eigenvalue weighted by molar-refractivity contribution is 0.103. The molecule has 3 rings (SSSR count). The molecule has 126 valence electrons. The number of primary amides is 1. The molecule has 1 aromatic carbocycles. The second kappa shape index (κ2) is 7.05. The molecule has 0 aliphatic rings. The van der Waals surface area contributed by atoms with Crippen LogP contribution in [0.5, 0.6) is 0 Å². The van der Waals surface area contributed by atoms with Gasteiger partial charge in [0.25, 0.3) is 5.91 Å². The first-order valence-corrected chi connectivity index (χ1v) is 7.88. The number of hydrogen-bond acceptors (Lipinski definition) is 5. The fraction of sp³-hybridized carbons (Fsp3) is 0. The monoisotopic (exact) mass is 357 g/mol. The lowest BCUT2D eigenvalue weighted by atomic mass is 10.2. The van der Waals surface area contributed by atoms with E-state index in [2.05, 4.69) is 20.6 Å². The van der Waals surface area contributed by atoms with E-state index in [0.29, 0.717) is 10.4 Å². The van der Waals surface area contributed by atoms with Gasteiger partial charge in [0.05, 0.1) is 11.9 Å². The van der Waals surface area contributed by atoms with Crippen LogP contribution in [0.2, 0.25) is 0 Å². The molecule has 2 aromatic heterocycles. The minimum absolute atomic E-state index is 0.212. The molecular weight excluding hydrogens is 345 g/mol. The highest BCUT2D eigenvalue weighted by molar-refractivity contribution is 7.18. The van der Waals surface area contributed by atoms with Crippen LogP contribution in [0.3, 0.4) is 0 Å². The van der Waals surface area contributed by atoms with Crippen LogP contribution in [0.15, 0.2) is 48.9 Å². The van der Waals surface area contributed by atoms with E-state index in [-0.39, 0.29) is 16.4 Å². The van der Waals surface area contributed by atoms with Crippen molar-refractivity contribution < 1.29 is 14.0 Å². The summed E-state index contributed by atoms with van der Waals surface area (Å²) in [5, 5.41) is 4.98. The molecule has 0 aliphatic heterocycles. The average molecular weight is 357 g/mol. The third kappa shape index (κ3) is 3.96. The number of aromatic nitrogens is 2. The van der Waals surface area contributed by atoms with Crippen molar-refractivity contribution in [1.29, 1.82) is 0 Å². The van der Waals surface area contributed by atoms with Crippen molar-refractivity contribution in [2.45, 2.75) is 0 Å². The molecule has 0 saturated carbocycles. The number of anilines is 2. The van der Waals surface area contributed by atoms with Gasteiger partial charge < -0.3 is 16.4 Å². The van der Waals surface area contributed by atoms with Crippen molar-refractivity contribution in [2.75, 3.05) is 10.6 Å². The van der Waals surface area contributed by atoms with Gasteiger partial charge in [0.1, 0.15) is 10.7 Å². The smallest absolute Gasteiger partial charge is 0.316 e. The number of urea groups is 1. The maximum Gasteiger partial charge on any atom is 0.316 e. The summed E-state index contributed by atoms with van der Waals surface area (Å²) in [5.74, 6) is -0.629. The minimum atomic E-state index is -0.808. The highest BCUT2D eigenvalue weighted by atomic mass is 32.1. The number of carbonyl (C=O) groups is 2. The topological polar surface area (TPSA) is 110 Å². The molecule has 7 nitrogen and oxygen atoms in total. The fourth-order valence-corrected chi connectivity index (χ4v) is 3.11. The second-order valence-electron chi connectivity index (χ2n) is 4.90. The molecule has 3 amide bonds. The highest BCUT2D eigenvalue weighted by Gasteiger charge is 2.19. The minimum Gasteiger partial charge on any atom is -0.351 e. The van der Waals surface area contributed by atoms with Crippen LogP contribution in [0.1, 0.15) is 9.67 Å². The third-order valence-corrected chi connectivity index (χ3v) is 4.29. The van der Waals surface area contributed by atoms with E-state index in [1.165, 1.54) is 30.7 Å². The van der Waals surface area contributed by atoms with Crippen molar-refractivity contribution >= 4 is 34.8 Å². The Morgan fingerprint density at radius 1 is 1.16 bits per heavy atom. The number of benzene rings is 1. The van der Waals surface area contributed by atoms with Gasteiger partial charge in [-0.3, -0.25) is 9.78 Å². The maximum absolute atomic E-state index is 13.4. The van der Waals surface area contributed by atoms with Gasteiger partial charge in [-0.15, -0.1) is 11.3 Å². The largest absolute Gasteiger partial charge is 0.351 e. The molecule has 0 bridgehead atoms. The SMILES string of the molecule is NC(=O)Nc1cc(-c2cccc(F)c2)sc1C(=O)Nc1cnccn1. The summed E-state index contributed by atoms with van der Waals surface area (Å²) in [5.41, 5.74) is 5.97. The molecule has 0 spiro atoms. The molecule has 2 heterocycles. The summed E-state index contributed by atoms with van der Waals surface area (Å²) in [4.78, 5) is 32.3. The van der Waals surface area contributed by atoms with E-state index in [1.54, 1.807) is 18.2 Å². The summed E-state index contributed by atoms with van der Waals surface area (Å²) >= 11 is 1.09. The van der Waals surface area contributed by atoms with Gasteiger partial charge in [-0.05, 0) is 23.8 Å². The molecule has 0 unspecified atom stereocenters. The molecule has 0 saturated heterocycles. The predicted octanol–water partition coefficient (Wildman–Crippen LogP) is 3.09.